The lowest BCUT2D eigenvalue weighted by Crippen LogP contribution is -2.47. The average Bonchev–Trinajstić information content (AvgIpc) is 3.57. The van der Waals surface area contributed by atoms with E-state index in [0.29, 0.717) is 24.7 Å². The molecule has 4 nitrogen and oxygen atoms in total. The largest absolute Gasteiger partial charge is 0.338 e. The zero-order chi connectivity index (χ0) is 20.4. The van der Waals surface area contributed by atoms with E-state index in [-0.39, 0.29) is 17.7 Å². The summed E-state index contributed by atoms with van der Waals surface area (Å²) in [6.45, 7) is 3.91. The summed E-state index contributed by atoms with van der Waals surface area (Å²) in [4.78, 5) is 30.2. The zero-order valence-electron chi connectivity index (χ0n) is 16.8. The predicted octanol–water partition coefficient (Wildman–Crippen LogP) is 4.80. The highest BCUT2D eigenvalue weighted by Gasteiger charge is 2.38. The zero-order valence-corrected chi connectivity index (χ0v) is 18.4. The van der Waals surface area contributed by atoms with Crippen molar-refractivity contribution in [3.8, 4) is 0 Å². The van der Waals surface area contributed by atoms with Crippen LogP contribution in [0.15, 0.2) is 53.0 Å². The van der Waals surface area contributed by atoms with Crippen LogP contribution < -0.4 is 0 Å². The van der Waals surface area contributed by atoms with Crippen LogP contribution in [0.1, 0.15) is 47.2 Å². The van der Waals surface area contributed by atoms with E-state index in [4.69, 9.17) is 0 Å². The number of rotatable bonds is 5. The van der Waals surface area contributed by atoms with Crippen LogP contribution in [-0.4, -0.2) is 40.7 Å². The SMILES string of the molecule is Cc1ccc(C(=O)N2CCCC(C(=O)N(Cc3cccc(Br)c3)C3CC3)C2)cc1. The van der Waals surface area contributed by atoms with Crippen molar-refractivity contribution in [1.82, 2.24) is 9.80 Å². The molecule has 2 aliphatic rings. The second kappa shape index (κ2) is 8.70. The summed E-state index contributed by atoms with van der Waals surface area (Å²) >= 11 is 3.52. The molecule has 2 fully saturated rings. The van der Waals surface area contributed by atoms with Gasteiger partial charge in [0.2, 0.25) is 5.91 Å². The Labute approximate surface area is 181 Å². The second-order valence-corrected chi connectivity index (χ2v) is 9.20. The molecule has 0 spiro atoms. The average molecular weight is 455 g/mol. The van der Waals surface area contributed by atoms with Gasteiger partial charge in [0.1, 0.15) is 0 Å². The number of carbonyl (C=O) groups excluding carboxylic acids is 2. The Morgan fingerprint density at radius 2 is 1.86 bits per heavy atom. The van der Waals surface area contributed by atoms with Crippen LogP contribution in [0.2, 0.25) is 0 Å². The van der Waals surface area contributed by atoms with Gasteiger partial charge < -0.3 is 9.80 Å². The number of aryl methyl sites for hydroxylation is 1. The summed E-state index contributed by atoms with van der Waals surface area (Å²) in [5, 5.41) is 0. The van der Waals surface area contributed by atoms with Crippen molar-refractivity contribution in [2.75, 3.05) is 13.1 Å². The van der Waals surface area contributed by atoms with E-state index in [2.05, 4.69) is 28.1 Å². The maximum Gasteiger partial charge on any atom is 0.253 e. The Balaban J connectivity index is 1.45. The lowest BCUT2D eigenvalue weighted by Gasteiger charge is -2.35. The third kappa shape index (κ3) is 4.89. The minimum Gasteiger partial charge on any atom is -0.338 e. The molecule has 0 aromatic heterocycles. The summed E-state index contributed by atoms with van der Waals surface area (Å²) in [6, 6.07) is 16.2. The molecule has 1 atom stereocenters. The molecule has 1 saturated carbocycles. The molecular formula is C24H27BrN2O2. The lowest BCUT2D eigenvalue weighted by atomic mass is 9.95. The fourth-order valence-electron chi connectivity index (χ4n) is 4.08. The van der Waals surface area contributed by atoms with Gasteiger partial charge in [-0.05, 0) is 62.4 Å². The van der Waals surface area contributed by atoms with Gasteiger partial charge >= 0.3 is 0 Å². The van der Waals surface area contributed by atoms with E-state index in [1.165, 1.54) is 0 Å². The molecule has 29 heavy (non-hydrogen) atoms. The molecule has 0 bridgehead atoms. The molecule has 2 aromatic rings. The minimum atomic E-state index is -0.106. The molecular weight excluding hydrogens is 428 g/mol. The maximum atomic E-state index is 13.4. The van der Waals surface area contributed by atoms with Gasteiger partial charge in [-0.25, -0.2) is 0 Å². The number of benzene rings is 2. The van der Waals surface area contributed by atoms with Crippen molar-refractivity contribution in [2.45, 2.75) is 45.2 Å². The smallest absolute Gasteiger partial charge is 0.253 e. The van der Waals surface area contributed by atoms with Crippen molar-refractivity contribution in [1.29, 1.82) is 0 Å². The first-order valence-corrected chi connectivity index (χ1v) is 11.2. The summed E-state index contributed by atoms with van der Waals surface area (Å²) in [6.07, 6.45) is 3.90. The van der Waals surface area contributed by atoms with Gasteiger partial charge in [0.25, 0.3) is 5.91 Å². The number of amides is 2. The molecule has 1 aliphatic carbocycles. The van der Waals surface area contributed by atoms with Crippen molar-refractivity contribution in [3.63, 3.8) is 0 Å². The first kappa shape index (κ1) is 20.1. The van der Waals surface area contributed by atoms with Gasteiger partial charge in [0.05, 0.1) is 5.92 Å². The second-order valence-electron chi connectivity index (χ2n) is 8.28. The Hall–Kier alpha value is -2.14. The standard InChI is InChI=1S/C24H27BrN2O2/c1-17-7-9-19(10-8-17)23(28)26-13-3-5-20(16-26)24(29)27(22-11-12-22)15-18-4-2-6-21(25)14-18/h2,4,6-10,14,20,22H,3,5,11-13,15-16H2,1H3. The Morgan fingerprint density at radius 1 is 1.10 bits per heavy atom. The number of hydrogen-bond acceptors (Lipinski definition) is 2. The number of carbonyl (C=O) groups is 2. The van der Waals surface area contributed by atoms with E-state index in [9.17, 15) is 9.59 Å². The summed E-state index contributed by atoms with van der Waals surface area (Å²) in [5.41, 5.74) is 2.99. The molecule has 1 unspecified atom stereocenters. The van der Waals surface area contributed by atoms with Crippen LogP contribution in [0.3, 0.4) is 0 Å². The molecule has 2 amide bonds. The molecule has 5 heteroatoms. The lowest BCUT2D eigenvalue weighted by molar-refractivity contribution is -0.138. The van der Waals surface area contributed by atoms with E-state index < -0.39 is 0 Å². The molecule has 0 N–H and O–H groups in total. The van der Waals surface area contributed by atoms with Gasteiger partial charge in [-0.15, -0.1) is 0 Å². The van der Waals surface area contributed by atoms with Crippen LogP contribution in [-0.2, 0) is 11.3 Å². The summed E-state index contributed by atoms with van der Waals surface area (Å²) in [5.74, 6) is 0.132. The number of hydrogen-bond donors (Lipinski definition) is 0. The van der Waals surface area contributed by atoms with E-state index in [1.807, 2.05) is 53.1 Å². The van der Waals surface area contributed by atoms with E-state index in [0.717, 1.165) is 47.8 Å². The third-order valence-corrected chi connectivity index (χ3v) is 6.36. The van der Waals surface area contributed by atoms with Gasteiger partial charge in [-0.3, -0.25) is 9.59 Å². The highest BCUT2D eigenvalue weighted by Crippen LogP contribution is 2.32. The molecule has 2 aromatic carbocycles. The van der Waals surface area contributed by atoms with Gasteiger partial charge in [-0.1, -0.05) is 45.8 Å². The van der Waals surface area contributed by atoms with Crippen molar-refractivity contribution in [3.05, 3.63) is 69.7 Å². The Morgan fingerprint density at radius 3 is 2.55 bits per heavy atom. The molecule has 1 saturated heterocycles. The van der Waals surface area contributed by atoms with Crippen LogP contribution in [0.25, 0.3) is 0 Å². The van der Waals surface area contributed by atoms with Crippen LogP contribution in [0.5, 0.6) is 0 Å². The molecule has 0 radical (unpaired) electrons. The van der Waals surface area contributed by atoms with E-state index >= 15 is 0 Å². The third-order valence-electron chi connectivity index (χ3n) is 5.87. The summed E-state index contributed by atoms with van der Waals surface area (Å²) in [7, 11) is 0. The molecule has 152 valence electrons. The van der Waals surface area contributed by atoms with Crippen LogP contribution >= 0.6 is 15.9 Å². The summed E-state index contributed by atoms with van der Waals surface area (Å²) < 4.78 is 1.03. The van der Waals surface area contributed by atoms with Gasteiger partial charge in [0.15, 0.2) is 0 Å². The van der Waals surface area contributed by atoms with Crippen molar-refractivity contribution in [2.24, 2.45) is 5.92 Å². The minimum absolute atomic E-state index is 0.0347. The highest BCUT2D eigenvalue weighted by molar-refractivity contribution is 9.10. The topological polar surface area (TPSA) is 40.6 Å². The fraction of sp³-hybridized carbons (Fsp3) is 0.417. The Bertz CT molecular complexity index is 892. The first-order valence-electron chi connectivity index (χ1n) is 10.4. The molecule has 4 rings (SSSR count). The number of halogens is 1. The number of likely N-dealkylation sites (tertiary alicyclic amines) is 1. The van der Waals surface area contributed by atoms with Crippen LogP contribution in [0.4, 0.5) is 0 Å². The van der Waals surface area contributed by atoms with Crippen molar-refractivity contribution >= 4 is 27.7 Å². The first-order chi connectivity index (χ1) is 14.0. The maximum absolute atomic E-state index is 13.4. The quantitative estimate of drug-likeness (QED) is 0.650. The van der Waals surface area contributed by atoms with Crippen LogP contribution in [0, 0.1) is 12.8 Å². The number of nitrogens with zero attached hydrogens (tertiary/aromatic N) is 2. The Kier molecular flexibility index (Phi) is 6.04. The monoisotopic (exact) mass is 454 g/mol. The molecule has 1 heterocycles. The van der Waals surface area contributed by atoms with E-state index in [1.54, 1.807) is 0 Å². The fourth-order valence-corrected chi connectivity index (χ4v) is 4.53. The van der Waals surface area contributed by atoms with Crippen molar-refractivity contribution < 1.29 is 9.59 Å². The van der Waals surface area contributed by atoms with Gasteiger partial charge in [0, 0.05) is 35.7 Å². The predicted molar refractivity (Wildman–Crippen MR) is 118 cm³/mol. The molecule has 1 aliphatic heterocycles. The number of piperidine rings is 1. The highest BCUT2D eigenvalue weighted by atomic mass is 79.9. The normalized spacial score (nSPS) is 19.1. The van der Waals surface area contributed by atoms with Gasteiger partial charge in [-0.2, -0.15) is 0 Å².